The average molecular weight is 272 g/mol. The molecule has 2 N–H and O–H groups in total. The van der Waals surface area contributed by atoms with E-state index in [0.717, 1.165) is 5.76 Å². The zero-order valence-corrected chi connectivity index (χ0v) is 11.2. The Kier molecular flexibility index (Phi) is 4.64. The zero-order valence-electron chi connectivity index (χ0n) is 11.2. The van der Waals surface area contributed by atoms with Crippen LogP contribution in [0.3, 0.4) is 0 Å². The molecule has 0 fully saturated rings. The molecular weight excluding hydrogens is 256 g/mol. The fourth-order valence-electron chi connectivity index (χ4n) is 1.89. The zero-order chi connectivity index (χ0) is 14.4. The molecule has 0 radical (unpaired) electrons. The predicted molar refractivity (Wildman–Crippen MR) is 73.2 cm³/mol. The summed E-state index contributed by atoms with van der Waals surface area (Å²) in [5.41, 5.74) is 0.491. The van der Waals surface area contributed by atoms with Crippen LogP contribution in [0.15, 0.2) is 41.0 Å². The van der Waals surface area contributed by atoms with Crippen LogP contribution in [0.2, 0.25) is 0 Å². The number of para-hydroxylation sites is 1. The molecule has 0 saturated carbocycles. The number of rotatable bonds is 6. The molecule has 0 bridgehead atoms. The third-order valence-corrected chi connectivity index (χ3v) is 2.83. The molecule has 1 heterocycles. The lowest BCUT2D eigenvalue weighted by Crippen LogP contribution is -2.19. The first-order valence-electron chi connectivity index (χ1n) is 6.36. The van der Waals surface area contributed by atoms with E-state index < -0.39 is 6.04 Å². The first-order chi connectivity index (χ1) is 9.76. The van der Waals surface area contributed by atoms with Crippen molar-refractivity contribution in [1.29, 1.82) is 5.26 Å². The molecule has 1 atom stereocenters. The minimum atomic E-state index is -0.638. The van der Waals surface area contributed by atoms with Gasteiger partial charge in [0.25, 0.3) is 0 Å². The van der Waals surface area contributed by atoms with Gasteiger partial charge in [0, 0.05) is 5.56 Å². The number of nitrogens with zero attached hydrogens (tertiary/aromatic N) is 1. The molecule has 0 spiro atoms. The summed E-state index contributed by atoms with van der Waals surface area (Å²) in [6, 6.07) is 10.2. The summed E-state index contributed by atoms with van der Waals surface area (Å²) in [4.78, 5) is 0. The van der Waals surface area contributed by atoms with Crippen molar-refractivity contribution in [2.45, 2.75) is 19.5 Å². The Morgan fingerprint density at radius 1 is 1.40 bits per heavy atom. The Bertz CT molecular complexity index is 588. The number of furan rings is 1. The molecule has 104 valence electrons. The lowest BCUT2D eigenvalue weighted by atomic mass is 10.1. The SMILES string of the molecule is CCOc1cccc(C(C#N)NCc2ccco2)c1O. The molecule has 1 aromatic heterocycles. The highest BCUT2D eigenvalue weighted by atomic mass is 16.5. The van der Waals surface area contributed by atoms with Gasteiger partial charge in [-0.3, -0.25) is 5.32 Å². The van der Waals surface area contributed by atoms with Crippen molar-refractivity contribution in [3.05, 3.63) is 47.9 Å². The molecule has 5 heteroatoms. The summed E-state index contributed by atoms with van der Waals surface area (Å²) in [6.45, 7) is 2.70. The summed E-state index contributed by atoms with van der Waals surface area (Å²) < 4.78 is 10.5. The van der Waals surface area contributed by atoms with Crippen LogP contribution in [-0.2, 0) is 6.54 Å². The molecule has 0 saturated heterocycles. The average Bonchev–Trinajstić information content (AvgIpc) is 2.96. The number of phenols is 1. The third kappa shape index (κ3) is 3.11. The van der Waals surface area contributed by atoms with Crippen molar-refractivity contribution >= 4 is 0 Å². The van der Waals surface area contributed by atoms with Crippen molar-refractivity contribution in [2.24, 2.45) is 0 Å². The highest BCUT2D eigenvalue weighted by Gasteiger charge is 2.17. The summed E-state index contributed by atoms with van der Waals surface area (Å²) in [6.07, 6.45) is 1.57. The van der Waals surface area contributed by atoms with Crippen LogP contribution in [-0.4, -0.2) is 11.7 Å². The highest BCUT2D eigenvalue weighted by molar-refractivity contribution is 5.48. The van der Waals surface area contributed by atoms with Crippen LogP contribution in [0.1, 0.15) is 24.3 Å². The second-order valence-electron chi connectivity index (χ2n) is 4.15. The minimum absolute atomic E-state index is 0.00663. The lowest BCUT2D eigenvalue weighted by Gasteiger charge is -2.15. The number of hydrogen-bond donors (Lipinski definition) is 2. The highest BCUT2D eigenvalue weighted by Crippen LogP contribution is 2.33. The quantitative estimate of drug-likeness (QED) is 0.845. The van der Waals surface area contributed by atoms with Crippen molar-refractivity contribution in [2.75, 3.05) is 6.61 Å². The van der Waals surface area contributed by atoms with Gasteiger partial charge >= 0.3 is 0 Å². The Hall–Kier alpha value is -2.45. The van der Waals surface area contributed by atoms with Gasteiger partial charge in [-0.1, -0.05) is 12.1 Å². The molecule has 1 unspecified atom stereocenters. The number of nitriles is 1. The van der Waals surface area contributed by atoms with E-state index in [1.165, 1.54) is 0 Å². The van der Waals surface area contributed by atoms with Crippen LogP contribution in [0.25, 0.3) is 0 Å². The minimum Gasteiger partial charge on any atom is -0.504 e. The number of ether oxygens (including phenoxy) is 1. The van der Waals surface area contributed by atoms with Crippen molar-refractivity contribution in [3.63, 3.8) is 0 Å². The van der Waals surface area contributed by atoms with Gasteiger partial charge in [0.05, 0.1) is 25.5 Å². The maximum absolute atomic E-state index is 10.1. The number of nitrogens with one attached hydrogen (secondary N) is 1. The molecule has 20 heavy (non-hydrogen) atoms. The standard InChI is InChI=1S/C15H16N2O3/c1-2-19-14-7-3-6-12(15(14)18)13(9-16)17-10-11-5-4-8-20-11/h3-8,13,17-18H,2,10H2,1H3. The second-order valence-corrected chi connectivity index (χ2v) is 4.15. The molecule has 0 aliphatic carbocycles. The van der Waals surface area contributed by atoms with E-state index in [2.05, 4.69) is 11.4 Å². The summed E-state index contributed by atoms with van der Waals surface area (Å²) >= 11 is 0. The monoisotopic (exact) mass is 272 g/mol. The molecule has 2 rings (SSSR count). The van der Waals surface area contributed by atoms with Gasteiger partial charge in [-0.2, -0.15) is 5.26 Å². The van der Waals surface area contributed by atoms with E-state index in [-0.39, 0.29) is 5.75 Å². The third-order valence-electron chi connectivity index (χ3n) is 2.83. The first kappa shape index (κ1) is 14.0. The smallest absolute Gasteiger partial charge is 0.163 e. The Labute approximate surface area is 117 Å². The van der Waals surface area contributed by atoms with Gasteiger partial charge in [-0.05, 0) is 25.1 Å². The van der Waals surface area contributed by atoms with Crippen LogP contribution in [0, 0.1) is 11.3 Å². The van der Waals surface area contributed by atoms with E-state index in [0.29, 0.717) is 24.5 Å². The summed E-state index contributed by atoms with van der Waals surface area (Å²) in [5.74, 6) is 1.10. The fraction of sp³-hybridized carbons (Fsp3) is 0.267. The molecular formula is C15H16N2O3. The molecule has 5 nitrogen and oxygen atoms in total. The van der Waals surface area contributed by atoms with E-state index in [9.17, 15) is 10.4 Å². The van der Waals surface area contributed by atoms with Gasteiger partial charge < -0.3 is 14.3 Å². The van der Waals surface area contributed by atoms with E-state index in [1.54, 1.807) is 30.5 Å². The van der Waals surface area contributed by atoms with Gasteiger partial charge in [0.2, 0.25) is 0 Å². The molecule has 0 aliphatic heterocycles. The van der Waals surface area contributed by atoms with Gasteiger partial charge in [-0.15, -0.1) is 0 Å². The van der Waals surface area contributed by atoms with Crippen LogP contribution in [0.4, 0.5) is 0 Å². The molecule has 2 aromatic rings. The Morgan fingerprint density at radius 3 is 2.90 bits per heavy atom. The normalized spacial score (nSPS) is 11.8. The van der Waals surface area contributed by atoms with Gasteiger partial charge in [0.1, 0.15) is 11.8 Å². The van der Waals surface area contributed by atoms with Gasteiger partial charge in [0.15, 0.2) is 11.5 Å². The topological polar surface area (TPSA) is 78.4 Å². The fourth-order valence-corrected chi connectivity index (χ4v) is 1.89. The maximum atomic E-state index is 10.1. The maximum Gasteiger partial charge on any atom is 0.163 e. The molecule has 0 amide bonds. The van der Waals surface area contributed by atoms with E-state index in [1.807, 2.05) is 13.0 Å². The molecule has 0 aliphatic rings. The van der Waals surface area contributed by atoms with Gasteiger partial charge in [-0.25, -0.2) is 0 Å². The predicted octanol–water partition coefficient (Wildman–Crippen LogP) is 2.74. The van der Waals surface area contributed by atoms with Crippen molar-refractivity contribution in [3.8, 4) is 17.6 Å². The first-order valence-corrected chi connectivity index (χ1v) is 6.36. The number of phenolic OH excluding ortho intramolecular Hbond substituents is 1. The van der Waals surface area contributed by atoms with Crippen molar-refractivity contribution in [1.82, 2.24) is 5.32 Å². The van der Waals surface area contributed by atoms with Crippen molar-refractivity contribution < 1.29 is 14.3 Å². The lowest BCUT2D eigenvalue weighted by molar-refractivity contribution is 0.315. The molecule has 1 aromatic carbocycles. The number of aromatic hydroxyl groups is 1. The largest absolute Gasteiger partial charge is 0.504 e. The summed E-state index contributed by atoms with van der Waals surface area (Å²) in [5, 5.41) is 22.4. The van der Waals surface area contributed by atoms with Crippen LogP contribution >= 0.6 is 0 Å². The second kappa shape index (κ2) is 6.64. The number of hydrogen-bond acceptors (Lipinski definition) is 5. The summed E-state index contributed by atoms with van der Waals surface area (Å²) in [7, 11) is 0. The Balaban J connectivity index is 2.15. The number of benzene rings is 1. The van der Waals surface area contributed by atoms with Crippen LogP contribution < -0.4 is 10.1 Å². The van der Waals surface area contributed by atoms with Crippen LogP contribution in [0.5, 0.6) is 11.5 Å². The Morgan fingerprint density at radius 2 is 2.25 bits per heavy atom. The van der Waals surface area contributed by atoms with E-state index in [4.69, 9.17) is 9.15 Å². The van der Waals surface area contributed by atoms with E-state index >= 15 is 0 Å².